The Kier molecular flexibility index (Phi) is 6.60. The van der Waals surface area contributed by atoms with Crippen LogP contribution in [0, 0.1) is 12.7 Å². The van der Waals surface area contributed by atoms with Gasteiger partial charge in [-0.1, -0.05) is 54.1 Å². The third-order valence-corrected chi connectivity index (χ3v) is 6.35. The smallest absolute Gasteiger partial charge is 0.337 e. The molecule has 0 radical (unpaired) electrons. The molecule has 0 fully saturated rings. The van der Waals surface area contributed by atoms with E-state index in [-0.39, 0.29) is 23.8 Å². The molecule has 4 aromatic rings. The van der Waals surface area contributed by atoms with Gasteiger partial charge in [0.25, 0.3) is 5.91 Å². The van der Waals surface area contributed by atoms with E-state index >= 15 is 0 Å². The second-order valence-corrected chi connectivity index (χ2v) is 8.98. The number of aryl methyl sites for hydroxylation is 1. The van der Waals surface area contributed by atoms with Crippen molar-refractivity contribution in [3.05, 3.63) is 125 Å². The first-order valence-electron chi connectivity index (χ1n) is 11.9. The second kappa shape index (κ2) is 10.1. The molecule has 7 heteroatoms. The van der Waals surface area contributed by atoms with Crippen LogP contribution in [-0.4, -0.2) is 23.5 Å². The molecule has 0 bridgehead atoms. The number of hydrogen-bond donors (Lipinski definition) is 2. The molecule has 1 aliphatic heterocycles. The molecule has 1 heterocycles. The van der Waals surface area contributed by atoms with Crippen LogP contribution in [0.25, 0.3) is 0 Å². The monoisotopic (exact) mass is 496 g/mol. The van der Waals surface area contributed by atoms with Gasteiger partial charge in [-0.15, -0.1) is 0 Å². The van der Waals surface area contributed by atoms with Crippen LogP contribution in [0.1, 0.15) is 43.5 Å². The summed E-state index contributed by atoms with van der Waals surface area (Å²) in [5.41, 5.74) is 3.51. The van der Waals surface area contributed by atoms with Crippen molar-refractivity contribution in [2.75, 3.05) is 16.8 Å². The SMILES string of the molecule is Cc1cccc(C(=O)Nc2ccc(N3Cc4ccccc4OC(c4ccccc4F)C3)c(C(=O)O)c2)c1. The van der Waals surface area contributed by atoms with E-state index in [0.29, 0.717) is 34.8 Å². The number of carboxylic acid groups (broad SMARTS) is 1. The Labute approximate surface area is 213 Å². The highest BCUT2D eigenvalue weighted by atomic mass is 19.1. The van der Waals surface area contributed by atoms with Crippen LogP contribution in [0.2, 0.25) is 0 Å². The summed E-state index contributed by atoms with van der Waals surface area (Å²) in [5, 5.41) is 12.9. The number of anilines is 2. The molecule has 1 amide bonds. The Hall–Kier alpha value is -4.65. The summed E-state index contributed by atoms with van der Waals surface area (Å²) in [5.74, 6) is -1.23. The van der Waals surface area contributed by atoms with Crippen molar-refractivity contribution in [3.63, 3.8) is 0 Å². The van der Waals surface area contributed by atoms with Crippen molar-refractivity contribution in [3.8, 4) is 5.75 Å². The quantitative estimate of drug-likeness (QED) is 0.343. The molecule has 0 aliphatic carbocycles. The van der Waals surface area contributed by atoms with Crippen molar-refractivity contribution in [1.82, 2.24) is 0 Å². The van der Waals surface area contributed by atoms with Gasteiger partial charge in [-0.25, -0.2) is 9.18 Å². The van der Waals surface area contributed by atoms with E-state index in [4.69, 9.17) is 4.74 Å². The Morgan fingerprint density at radius 1 is 0.973 bits per heavy atom. The number of benzene rings is 4. The van der Waals surface area contributed by atoms with Crippen LogP contribution in [0.4, 0.5) is 15.8 Å². The number of halogens is 1. The second-order valence-electron chi connectivity index (χ2n) is 8.98. The first-order chi connectivity index (χ1) is 17.9. The number of carbonyl (C=O) groups excluding carboxylic acids is 1. The van der Waals surface area contributed by atoms with E-state index in [2.05, 4.69) is 5.32 Å². The number of nitrogens with one attached hydrogen (secondary N) is 1. The minimum Gasteiger partial charge on any atom is -0.483 e. The molecule has 0 saturated carbocycles. The first kappa shape index (κ1) is 24.1. The highest BCUT2D eigenvalue weighted by Gasteiger charge is 2.28. The third-order valence-electron chi connectivity index (χ3n) is 6.35. The fourth-order valence-electron chi connectivity index (χ4n) is 4.54. The predicted molar refractivity (Wildman–Crippen MR) is 140 cm³/mol. The van der Waals surface area contributed by atoms with E-state index in [9.17, 15) is 19.1 Å². The topological polar surface area (TPSA) is 78.9 Å². The largest absolute Gasteiger partial charge is 0.483 e. The summed E-state index contributed by atoms with van der Waals surface area (Å²) in [6.07, 6.45) is -0.660. The van der Waals surface area contributed by atoms with Crippen molar-refractivity contribution < 1.29 is 23.8 Å². The van der Waals surface area contributed by atoms with Crippen LogP contribution in [0.15, 0.2) is 91.0 Å². The van der Waals surface area contributed by atoms with Gasteiger partial charge in [0, 0.05) is 28.9 Å². The zero-order valence-electron chi connectivity index (χ0n) is 20.1. The number of carbonyl (C=O) groups is 2. The number of nitrogens with zero attached hydrogens (tertiary/aromatic N) is 1. The number of carboxylic acids is 1. The van der Waals surface area contributed by atoms with E-state index in [1.165, 1.54) is 12.1 Å². The van der Waals surface area contributed by atoms with Crippen LogP contribution in [-0.2, 0) is 6.54 Å². The molecule has 5 rings (SSSR count). The van der Waals surface area contributed by atoms with Gasteiger partial charge in [-0.2, -0.15) is 0 Å². The van der Waals surface area contributed by atoms with Gasteiger partial charge in [0.1, 0.15) is 17.7 Å². The van der Waals surface area contributed by atoms with E-state index in [1.54, 1.807) is 48.5 Å². The molecular formula is C30H25FN2O4. The van der Waals surface area contributed by atoms with Crippen LogP contribution in [0.3, 0.4) is 0 Å². The fraction of sp³-hybridized carbons (Fsp3) is 0.133. The van der Waals surface area contributed by atoms with E-state index in [1.807, 2.05) is 42.2 Å². The van der Waals surface area contributed by atoms with Crippen molar-refractivity contribution in [2.24, 2.45) is 0 Å². The zero-order chi connectivity index (χ0) is 25.9. The third kappa shape index (κ3) is 5.16. The lowest BCUT2D eigenvalue weighted by molar-refractivity contribution is 0.0697. The lowest BCUT2D eigenvalue weighted by atomic mass is 10.1. The van der Waals surface area contributed by atoms with Crippen molar-refractivity contribution in [1.29, 1.82) is 0 Å². The predicted octanol–water partition coefficient (Wildman–Crippen LogP) is 6.22. The summed E-state index contributed by atoms with van der Waals surface area (Å²) in [6.45, 7) is 2.49. The molecule has 0 saturated heterocycles. The maximum atomic E-state index is 14.7. The average molecular weight is 497 g/mol. The van der Waals surface area contributed by atoms with E-state index < -0.39 is 12.1 Å². The summed E-state index contributed by atoms with van der Waals surface area (Å²) in [4.78, 5) is 26.9. The van der Waals surface area contributed by atoms with Crippen molar-refractivity contribution >= 4 is 23.3 Å². The first-order valence-corrected chi connectivity index (χ1v) is 11.9. The minimum atomic E-state index is -1.14. The lowest BCUT2D eigenvalue weighted by Crippen LogP contribution is -2.30. The number of para-hydroxylation sites is 1. The Morgan fingerprint density at radius 2 is 1.76 bits per heavy atom. The van der Waals surface area contributed by atoms with Gasteiger partial charge < -0.3 is 20.1 Å². The maximum Gasteiger partial charge on any atom is 0.337 e. The Balaban J connectivity index is 1.50. The zero-order valence-corrected chi connectivity index (χ0v) is 20.1. The molecule has 1 unspecified atom stereocenters. The van der Waals surface area contributed by atoms with Crippen LogP contribution < -0.4 is 15.0 Å². The van der Waals surface area contributed by atoms with Crippen molar-refractivity contribution in [2.45, 2.75) is 19.6 Å². The molecule has 6 nitrogen and oxygen atoms in total. The lowest BCUT2D eigenvalue weighted by Gasteiger charge is -2.28. The standard InChI is InChI=1S/C30H25FN2O4/c1-19-7-6-9-20(15-19)29(34)32-22-13-14-26(24(16-22)30(35)36)33-17-21-8-2-5-12-27(21)37-28(18-33)23-10-3-4-11-25(23)31/h2-16,28H,17-18H2,1H3,(H,32,34)(H,35,36). The number of rotatable bonds is 5. The fourth-order valence-corrected chi connectivity index (χ4v) is 4.54. The number of aromatic carboxylic acids is 1. The summed E-state index contributed by atoms with van der Waals surface area (Å²) in [7, 11) is 0. The number of ether oxygens (including phenoxy) is 1. The normalized spacial score (nSPS) is 14.8. The van der Waals surface area contributed by atoms with Crippen LogP contribution in [0.5, 0.6) is 5.75 Å². The number of hydrogen-bond acceptors (Lipinski definition) is 4. The summed E-state index contributed by atoms with van der Waals surface area (Å²) >= 11 is 0. The molecule has 1 aliphatic rings. The number of amides is 1. The van der Waals surface area contributed by atoms with Gasteiger partial charge in [0.2, 0.25) is 0 Å². The molecule has 0 aromatic heterocycles. The van der Waals surface area contributed by atoms with Gasteiger partial charge in [0.05, 0.1) is 17.8 Å². The van der Waals surface area contributed by atoms with Crippen LogP contribution >= 0.6 is 0 Å². The molecule has 186 valence electrons. The summed E-state index contributed by atoms with van der Waals surface area (Å²) < 4.78 is 21.0. The molecular weight excluding hydrogens is 471 g/mol. The molecule has 0 spiro atoms. The molecule has 37 heavy (non-hydrogen) atoms. The molecule has 4 aromatic carbocycles. The van der Waals surface area contributed by atoms with Gasteiger partial charge in [0.15, 0.2) is 0 Å². The summed E-state index contributed by atoms with van der Waals surface area (Å²) in [6, 6.07) is 25.8. The maximum absolute atomic E-state index is 14.7. The Bertz CT molecular complexity index is 1490. The van der Waals surface area contributed by atoms with Gasteiger partial charge >= 0.3 is 5.97 Å². The highest BCUT2D eigenvalue weighted by Crippen LogP contribution is 2.36. The Morgan fingerprint density at radius 3 is 2.54 bits per heavy atom. The van der Waals surface area contributed by atoms with Gasteiger partial charge in [-0.3, -0.25) is 4.79 Å². The minimum absolute atomic E-state index is 0.0220. The van der Waals surface area contributed by atoms with E-state index in [0.717, 1.165) is 11.1 Å². The number of fused-ring (bicyclic) bond motifs is 1. The highest BCUT2D eigenvalue weighted by molar-refractivity contribution is 6.05. The molecule has 2 N–H and O–H groups in total. The molecule has 1 atom stereocenters. The van der Waals surface area contributed by atoms with Gasteiger partial charge in [-0.05, 0) is 49.4 Å². The average Bonchev–Trinajstić information content (AvgIpc) is 3.08.